The normalized spacial score (nSPS) is 20.7. The first-order chi connectivity index (χ1) is 9.96. The van der Waals surface area contributed by atoms with E-state index in [9.17, 15) is 13.2 Å². The highest BCUT2D eigenvalue weighted by Crippen LogP contribution is 2.23. The van der Waals surface area contributed by atoms with E-state index in [1.165, 1.54) is 28.6 Å². The Morgan fingerprint density at radius 3 is 2.81 bits per heavy atom. The molecule has 2 heterocycles. The van der Waals surface area contributed by atoms with Crippen LogP contribution < -0.4 is 11.4 Å². The fourth-order valence-corrected chi connectivity index (χ4v) is 4.12. The summed E-state index contributed by atoms with van der Waals surface area (Å²) in [6.45, 7) is 0.822. The summed E-state index contributed by atoms with van der Waals surface area (Å²) in [5, 5.41) is 0.581. The summed E-state index contributed by atoms with van der Waals surface area (Å²) in [6.07, 6.45) is 1.61. The van der Waals surface area contributed by atoms with Crippen LogP contribution in [-0.2, 0) is 10.0 Å². The summed E-state index contributed by atoms with van der Waals surface area (Å²) >= 11 is 0. The van der Waals surface area contributed by atoms with Gasteiger partial charge >= 0.3 is 5.63 Å². The average Bonchev–Trinajstić information content (AvgIpc) is 2.46. The van der Waals surface area contributed by atoms with Crippen molar-refractivity contribution in [2.75, 3.05) is 13.1 Å². The van der Waals surface area contributed by atoms with Crippen molar-refractivity contribution >= 4 is 21.0 Å². The topological polar surface area (TPSA) is 93.6 Å². The van der Waals surface area contributed by atoms with Crippen molar-refractivity contribution in [1.82, 2.24) is 4.31 Å². The highest BCUT2D eigenvalue weighted by molar-refractivity contribution is 7.89. The van der Waals surface area contributed by atoms with Crippen LogP contribution >= 0.6 is 0 Å². The number of fused-ring (bicyclic) bond motifs is 1. The van der Waals surface area contributed by atoms with Gasteiger partial charge in [-0.15, -0.1) is 0 Å². The summed E-state index contributed by atoms with van der Waals surface area (Å²) in [5.41, 5.74) is 5.77. The van der Waals surface area contributed by atoms with Crippen molar-refractivity contribution in [3.8, 4) is 0 Å². The summed E-state index contributed by atoms with van der Waals surface area (Å²) in [5.74, 6) is 0. The summed E-state index contributed by atoms with van der Waals surface area (Å²) < 4.78 is 31.7. The average molecular weight is 308 g/mol. The minimum absolute atomic E-state index is 0.119. The highest BCUT2D eigenvalue weighted by Gasteiger charge is 2.29. The van der Waals surface area contributed by atoms with E-state index in [2.05, 4.69) is 0 Å². The summed E-state index contributed by atoms with van der Waals surface area (Å²) in [6, 6.07) is 7.20. The largest absolute Gasteiger partial charge is 0.423 e. The van der Waals surface area contributed by atoms with Gasteiger partial charge in [0.05, 0.1) is 4.90 Å². The first kappa shape index (κ1) is 14.2. The van der Waals surface area contributed by atoms with Crippen molar-refractivity contribution in [3.63, 3.8) is 0 Å². The molecule has 1 aliphatic heterocycles. The molecular weight excluding hydrogens is 292 g/mol. The molecule has 1 aliphatic rings. The zero-order valence-electron chi connectivity index (χ0n) is 11.4. The van der Waals surface area contributed by atoms with E-state index in [1.54, 1.807) is 6.07 Å². The van der Waals surface area contributed by atoms with Crippen LogP contribution in [-0.4, -0.2) is 31.9 Å². The van der Waals surface area contributed by atoms with Crippen molar-refractivity contribution in [2.24, 2.45) is 5.73 Å². The molecule has 1 saturated heterocycles. The Balaban J connectivity index is 2.02. The van der Waals surface area contributed by atoms with E-state index < -0.39 is 15.6 Å². The molecule has 0 radical (unpaired) electrons. The third kappa shape index (κ3) is 2.72. The standard InChI is InChI=1S/C14H16N2O4S/c15-11-2-1-7-16(9-11)21(18,19)12-4-5-13-10(8-12)3-6-14(17)20-13/h3-6,8,11H,1-2,7,9,15H2. The molecule has 1 aromatic heterocycles. The van der Waals surface area contributed by atoms with Crippen LogP contribution in [0.25, 0.3) is 11.0 Å². The predicted molar refractivity (Wildman–Crippen MR) is 78.5 cm³/mol. The zero-order chi connectivity index (χ0) is 15.0. The number of sulfonamides is 1. The van der Waals surface area contributed by atoms with Gasteiger partial charge in [-0.1, -0.05) is 0 Å². The second kappa shape index (κ2) is 5.25. The second-order valence-electron chi connectivity index (χ2n) is 5.22. The molecular formula is C14H16N2O4S. The lowest BCUT2D eigenvalue weighted by Crippen LogP contribution is -2.45. The van der Waals surface area contributed by atoms with Gasteiger partial charge in [0.2, 0.25) is 10.0 Å². The van der Waals surface area contributed by atoms with E-state index >= 15 is 0 Å². The predicted octanol–water partition coefficient (Wildman–Crippen LogP) is 0.905. The zero-order valence-corrected chi connectivity index (χ0v) is 12.2. The van der Waals surface area contributed by atoms with Crippen LogP contribution in [0.1, 0.15) is 12.8 Å². The maximum Gasteiger partial charge on any atom is 0.336 e. The van der Waals surface area contributed by atoms with Crippen LogP contribution in [0.4, 0.5) is 0 Å². The number of benzene rings is 1. The van der Waals surface area contributed by atoms with Gasteiger partial charge in [-0.05, 0) is 37.1 Å². The number of hydrogen-bond donors (Lipinski definition) is 1. The molecule has 3 rings (SSSR count). The first-order valence-electron chi connectivity index (χ1n) is 6.76. The van der Waals surface area contributed by atoms with Gasteiger partial charge in [0.25, 0.3) is 0 Å². The summed E-state index contributed by atoms with van der Waals surface area (Å²) in [4.78, 5) is 11.3. The minimum atomic E-state index is -3.56. The molecule has 0 bridgehead atoms. The Hall–Kier alpha value is -1.70. The number of nitrogens with two attached hydrogens (primary N) is 1. The molecule has 1 fully saturated rings. The molecule has 1 unspecified atom stereocenters. The van der Waals surface area contributed by atoms with Crippen molar-refractivity contribution in [2.45, 2.75) is 23.8 Å². The number of nitrogens with zero attached hydrogens (tertiary/aromatic N) is 1. The number of hydrogen-bond acceptors (Lipinski definition) is 5. The quantitative estimate of drug-likeness (QED) is 0.832. The lowest BCUT2D eigenvalue weighted by Gasteiger charge is -2.29. The second-order valence-corrected chi connectivity index (χ2v) is 7.16. The molecule has 0 aliphatic carbocycles. The fourth-order valence-electron chi connectivity index (χ4n) is 2.55. The molecule has 112 valence electrons. The molecule has 21 heavy (non-hydrogen) atoms. The molecule has 2 N–H and O–H groups in total. The van der Waals surface area contributed by atoms with Gasteiger partial charge in [0, 0.05) is 30.6 Å². The Labute approximate surface area is 122 Å². The molecule has 7 heteroatoms. The number of rotatable bonds is 2. The molecule has 0 amide bonds. The van der Waals surface area contributed by atoms with Gasteiger partial charge < -0.3 is 10.2 Å². The van der Waals surface area contributed by atoms with Crippen LogP contribution in [0.15, 0.2) is 44.4 Å². The van der Waals surface area contributed by atoms with Crippen LogP contribution in [0.2, 0.25) is 0 Å². The van der Waals surface area contributed by atoms with Crippen LogP contribution in [0.3, 0.4) is 0 Å². The van der Waals surface area contributed by atoms with Crippen molar-refractivity contribution in [3.05, 3.63) is 40.8 Å². The minimum Gasteiger partial charge on any atom is -0.423 e. The van der Waals surface area contributed by atoms with Gasteiger partial charge in [-0.3, -0.25) is 0 Å². The molecule has 0 saturated carbocycles. The summed E-state index contributed by atoms with van der Waals surface area (Å²) in [7, 11) is -3.56. The Morgan fingerprint density at radius 2 is 2.05 bits per heavy atom. The van der Waals surface area contributed by atoms with E-state index in [1.807, 2.05) is 0 Å². The monoisotopic (exact) mass is 308 g/mol. The third-order valence-corrected chi connectivity index (χ3v) is 5.51. The smallest absolute Gasteiger partial charge is 0.336 e. The van der Waals surface area contributed by atoms with E-state index in [4.69, 9.17) is 10.2 Å². The molecule has 0 spiro atoms. The molecule has 6 nitrogen and oxygen atoms in total. The molecule has 2 aromatic rings. The van der Waals surface area contributed by atoms with Crippen LogP contribution in [0.5, 0.6) is 0 Å². The van der Waals surface area contributed by atoms with Gasteiger partial charge in [0.15, 0.2) is 0 Å². The van der Waals surface area contributed by atoms with Crippen molar-refractivity contribution < 1.29 is 12.8 Å². The van der Waals surface area contributed by atoms with Gasteiger partial charge in [0.1, 0.15) is 5.58 Å². The third-order valence-electron chi connectivity index (χ3n) is 3.65. The maximum absolute atomic E-state index is 12.6. The van der Waals surface area contributed by atoms with Gasteiger partial charge in [-0.25, -0.2) is 13.2 Å². The van der Waals surface area contributed by atoms with E-state index in [0.717, 1.165) is 12.8 Å². The molecule has 1 aromatic carbocycles. The first-order valence-corrected chi connectivity index (χ1v) is 8.20. The van der Waals surface area contributed by atoms with Gasteiger partial charge in [-0.2, -0.15) is 4.31 Å². The lowest BCUT2D eigenvalue weighted by molar-refractivity contribution is 0.316. The highest BCUT2D eigenvalue weighted by atomic mass is 32.2. The van der Waals surface area contributed by atoms with E-state index in [0.29, 0.717) is 24.1 Å². The SMILES string of the molecule is NC1CCCN(S(=O)(=O)c2ccc3oc(=O)ccc3c2)C1. The fraction of sp³-hybridized carbons (Fsp3) is 0.357. The van der Waals surface area contributed by atoms with Crippen LogP contribution in [0, 0.1) is 0 Å². The Kier molecular flexibility index (Phi) is 3.56. The van der Waals surface area contributed by atoms with Crippen molar-refractivity contribution in [1.29, 1.82) is 0 Å². The maximum atomic E-state index is 12.6. The molecule has 1 atom stereocenters. The number of piperidine rings is 1. The lowest BCUT2D eigenvalue weighted by atomic mass is 10.1. The Morgan fingerprint density at radius 1 is 1.24 bits per heavy atom. The Bertz CT molecular complexity index is 828. The van der Waals surface area contributed by atoms with E-state index in [-0.39, 0.29) is 10.9 Å².